The number of aromatic nitrogens is 1. The first-order chi connectivity index (χ1) is 19.8. The van der Waals surface area contributed by atoms with Crippen LogP contribution in [0.15, 0.2) is 94.4 Å². The van der Waals surface area contributed by atoms with Gasteiger partial charge < -0.3 is 23.6 Å². The molecule has 3 aromatic carbocycles. The fraction of sp³-hybridized carbons (Fsp3) is 0.156. The van der Waals surface area contributed by atoms with Crippen molar-refractivity contribution in [3.8, 4) is 17.2 Å². The van der Waals surface area contributed by atoms with E-state index in [0.29, 0.717) is 22.8 Å². The van der Waals surface area contributed by atoms with Gasteiger partial charge in [0, 0.05) is 22.6 Å². The van der Waals surface area contributed by atoms with Gasteiger partial charge in [-0.3, -0.25) is 4.79 Å². The Morgan fingerprint density at radius 3 is 2.44 bits per heavy atom. The number of carbonyl (C=O) groups excluding carboxylic acids is 1. The van der Waals surface area contributed by atoms with Crippen LogP contribution in [0.25, 0.3) is 16.5 Å². The third-order valence-corrected chi connectivity index (χ3v) is 6.57. The molecule has 0 bridgehead atoms. The third kappa shape index (κ3) is 6.14. The Morgan fingerprint density at radius 2 is 1.71 bits per heavy atom. The van der Waals surface area contributed by atoms with E-state index in [1.807, 2.05) is 54.6 Å². The summed E-state index contributed by atoms with van der Waals surface area (Å²) >= 11 is 0. The lowest BCUT2D eigenvalue weighted by Gasteiger charge is -2.14. The maximum absolute atomic E-state index is 12.7. The van der Waals surface area contributed by atoms with Gasteiger partial charge in [-0.2, -0.15) is 5.10 Å². The van der Waals surface area contributed by atoms with Crippen molar-refractivity contribution in [3.63, 3.8) is 0 Å². The third-order valence-electron chi connectivity index (χ3n) is 6.57. The smallest absolute Gasteiger partial charge is 0.344 e. The van der Waals surface area contributed by atoms with E-state index in [1.165, 1.54) is 13.1 Å². The topological polar surface area (TPSA) is 115 Å². The summed E-state index contributed by atoms with van der Waals surface area (Å²) in [6, 6.07) is 26.2. The molecule has 0 aliphatic carbocycles. The van der Waals surface area contributed by atoms with Crippen molar-refractivity contribution in [1.82, 2.24) is 9.99 Å². The van der Waals surface area contributed by atoms with Crippen molar-refractivity contribution in [2.75, 3.05) is 0 Å². The van der Waals surface area contributed by atoms with Crippen LogP contribution in [0, 0.1) is 13.8 Å². The number of furan rings is 1. The lowest BCUT2D eigenvalue weighted by molar-refractivity contribution is -0.144. The number of hydrazone groups is 1. The van der Waals surface area contributed by atoms with Gasteiger partial charge in [-0.15, -0.1) is 0 Å². The Labute approximate surface area is 236 Å². The maximum atomic E-state index is 12.7. The average molecular weight is 552 g/mol. The fourth-order valence-electron chi connectivity index (χ4n) is 4.46. The number of carbonyl (C=O) groups is 2. The summed E-state index contributed by atoms with van der Waals surface area (Å²) in [4.78, 5) is 24.0. The second kappa shape index (κ2) is 11.8. The highest BCUT2D eigenvalue weighted by molar-refractivity contribution is 6.03. The van der Waals surface area contributed by atoms with Crippen LogP contribution >= 0.6 is 0 Å². The molecule has 0 aliphatic heterocycles. The summed E-state index contributed by atoms with van der Waals surface area (Å²) in [7, 11) is 0. The molecule has 9 nitrogen and oxygen atoms in total. The number of aliphatic carboxylic acids is 1. The highest BCUT2D eigenvalue weighted by Gasteiger charge is 2.16. The molecule has 5 aromatic rings. The number of ether oxygens (including phenoxy) is 2. The van der Waals surface area contributed by atoms with Crippen molar-refractivity contribution >= 4 is 28.9 Å². The van der Waals surface area contributed by atoms with E-state index >= 15 is 0 Å². The zero-order valence-corrected chi connectivity index (χ0v) is 22.8. The molecule has 2 heterocycles. The molecule has 0 aliphatic rings. The molecular formula is C32H29N3O6. The quantitative estimate of drug-likeness (QED) is 0.162. The molecule has 41 heavy (non-hydrogen) atoms. The van der Waals surface area contributed by atoms with Crippen LogP contribution in [0.5, 0.6) is 11.5 Å². The molecule has 0 radical (unpaired) electrons. The lowest BCUT2D eigenvalue weighted by Crippen LogP contribution is -2.23. The fourth-order valence-corrected chi connectivity index (χ4v) is 4.46. The number of fused-ring (bicyclic) bond motifs is 1. The Kier molecular flexibility index (Phi) is 7.87. The Hall–Kier alpha value is -5.31. The van der Waals surface area contributed by atoms with E-state index in [4.69, 9.17) is 13.9 Å². The largest absolute Gasteiger partial charge is 0.486 e. The van der Waals surface area contributed by atoms with Crippen LogP contribution in [0.2, 0.25) is 0 Å². The molecule has 0 spiro atoms. The number of nitrogens with one attached hydrogen (secondary N) is 1. The Morgan fingerprint density at radius 1 is 0.976 bits per heavy atom. The average Bonchev–Trinajstić information content (AvgIpc) is 3.59. The number of carboxylic acid groups (broad SMARTS) is 1. The van der Waals surface area contributed by atoms with Gasteiger partial charge in [-0.05, 0) is 86.1 Å². The number of aryl methyl sites for hydroxylation is 2. The zero-order chi connectivity index (χ0) is 28.9. The molecule has 0 saturated heterocycles. The van der Waals surface area contributed by atoms with E-state index in [0.717, 1.165) is 27.8 Å². The summed E-state index contributed by atoms with van der Waals surface area (Å²) in [6.45, 7) is 5.71. The summed E-state index contributed by atoms with van der Waals surface area (Å²) in [5, 5.41) is 15.0. The van der Waals surface area contributed by atoms with Gasteiger partial charge in [0.15, 0.2) is 11.9 Å². The summed E-state index contributed by atoms with van der Waals surface area (Å²) < 4.78 is 19.3. The molecule has 0 fully saturated rings. The van der Waals surface area contributed by atoms with Crippen LogP contribution in [-0.2, 0) is 11.4 Å². The molecule has 1 amide bonds. The van der Waals surface area contributed by atoms with Gasteiger partial charge in [0.1, 0.15) is 23.9 Å². The maximum Gasteiger partial charge on any atom is 0.344 e. The zero-order valence-electron chi connectivity index (χ0n) is 22.8. The monoisotopic (exact) mass is 551 g/mol. The van der Waals surface area contributed by atoms with Gasteiger partial charge in [0.2, 0.25) is 0 Å². The highest BCUT2D eigenvalue weighted by atomic mass is 16.5. The molecule has 208 valence electrons. The Balaban J connectivity index is 1.22. The number of hydrogen-bond acceptors (Lipinski definition) is 6. The van der Waals surface area contributed by atoms with Crippen LogP contribution in [0.4, 0.5) is 0 Å². The highest BCUT2D eigenvalue weighted by Crippen LogP contribution is 2.28. The number of amides is 1. The van der Waals surface area contributed by atoms with Crippen molar-refractivity contribution < 1.29 is 28.6 Å². The molecule has 1 atom stereocenters. The Bertz CT molecular complexity index is 1710. The summed E-state index contributed by atoms with van der Waals surface area (Å²) in [6.07, 6.45) is 0.365. The van der Waals surface area contributed by atoms with Crippen LogP contribution < -0.4 is 14.9 Å². The van der Waals surface area contributed by atoms with Crippen molar-refractivity contribution in [2.24, 2.45) is 5.10 Å². The van der Waals surface area contributed by atoms with Gasteiger partial charge in [-0.25, -0.2) is 10.2 Å². The predicted molar refractivity (Wildman–Crippen MR) is 155 cm³/mol. The first-order valence-electron chi connectivity index (χ1n) is 13.0. The molecule has 2 aromatic heterocycles. The minimum Gasteiger partial charge on any atom is -0.486 e. The molecule has 5 rings (SSSR count). The number of carboxylic acids is 1. The van der Waals surface area contributed by atoms with Gasteiger partial charge in [-0.1, -0.05) is 30.3 Å². The van der Waals surface area contributed by atoms with Crippen molar-refractivity contribution in [2.45, 2.75) is 33.5 Å². The van der Waals surface area contributed by atoms with Crippen LogP contribution in [0.1, 0.15) is 40.2 Å². The number of nitrogens with zero attached hydrogens (tertiary/aromatic N) is 2. The van der Waals surface area contributed by atoms with Gasteiger partial charge >= 0.3 is 11.9 Å². The first kappa shape index (κ1) is 27.3. The molecule has 0 unspecified atom stereocenters. The van der Waals surface area contributed by atoms with E-state index in [2.05, 4.69) is 41.1 Å². The molecule has 2 N–H and O–H groups in total. The van der Waals surface area contributed by atoms with Gasteiger partial charge in [0.05, 0.1) is 6.21 Å². The standard InChI is InChI=1S/C32H29N3O6/c1-20-8-9-21(2)35(20)24-11-13-25(14-12-24)39-19-26-15-17-30(41-26)31(36)34-33-18-28-27-7-5-4-6-23(27)10-16-29(28)40-22(3)32(37)38/h4-18,22H,19H2,1-3H3,(H,34,36)(H,37,38)/b33-18+/t22-/m0/s1. The SMILES string of the molecule is Cc1ccc(C)n1-c1ccc(OCc2ccc(C(=O)N/N=C/c3c(O[C@@H](C)C(=O)O)ccc4ccccc34)o2)cc1. The predicted octanol–water partition coefficient (Wildman–Crippen LogP) is 6.04. The molecular weight excluding hydrogens is 522 g/mol. The first-order valence-corrected chi connectivity index (χ1v) is 13.0. The van der Waals surface area contributed by atoms with Crippen molar-refractivity contribution in [3.05, 3.63) is 113 Å². The van der Waals surface area contributed by atoms with E-state index in [9.17, 15) is 14.7 Å². The lowest BCUT2D eigenvalue weighted by atomic mass is 10.0. The second-order valence-corrected chi connectivity index (χ2v) is 9.50. The van der Waals surface area contributed by atoms with E-state index < -0.39 is 18.0 Å². The van der Waals surface area contributed by atoms with E-state index in [1.54, 1.807) is 18.2 Å². The summed E-state index contributed by atoms with van der Waals surface area (Å²) in [5.74, 6) is -0.0764. The molecule has 9 heteroatoms. The van der Waals surface area contributed by atoms with Crippen LogP contribution in [-0.4, -0.2) is 33.9 Å². The number of hydrogen-bond donors (Lipinski definition) is 2. The second-order valence-electron chi connectivity index (χ2n) is 9.50. The molecule has 0 saturated carbocycles. The number of rotatable bonds is 10. The van der Waals surface area contributed by atoms with E-state index in [-0.39, 0.29) is 12.4 Å². The number of benzene rings is 3. The minimum atomic E-state index is -1.09. The van der Waals surface area contributed by atoms with Gasteiger partial charge in [0.25, 0.3) is 0 Å². The summed E-state index contributed by atoms with van der Waals surface area (Å²) in [5.41, 5.74) is 6.35. The van der Waals surface area contributed by atoms with Crippen LogP contribution in [0.3, 0.4) is 0 Å². The normalized spacial score (nSPS) is 12.0. The van der Waals surface area contributed by atoms with Crippen molar-refractivity contribution in [1.29, 1.82) is 0 Å². The minimum absolute atomic E-state index is 0.0727.